The first-order valence-corrected chi connectivity index (χ1v) is 9.40. The lowest BCUT2D eigenvalue weighted by molar-refractivity contribution is -0.118. The number of benzene rings is 2. The number of carbonyl (C=O) groups is 1. The van der Waals surface area contributed by atoms with Crippen LogP contribution in [0.3, 0.4) is 0 Å². The molecule has 3 N–H and O–H groups in total. The van der Waals surface area contributed by atoms with Gasteiger partial charge >= 0.3 is 0 Å². The summed E-state index contributed by atoms with van der Waals surface area (Å²) in [7, 11) is 0. The smallest absolute Gasteiger partial charge is 0.228 e. The van der Waals surface area contributed by atoms with E-state index in [1.54, 1.807) is 12.1 Å². The predicted octanol–water partition coefficient (Wildman–Crippen LogP) is 3.70. The SMILES string of the molecule is O=C(Nc1ccc2nc(-c3ccc(F)cc3)[nH]c2c1)C1CC12CCNCC2. The van der Waals surface area contributed by atoms with E-state index in [1.807, 2.05) is 18.2 Å². The molecule has 1 spiro atoms. The quantitative estimate of drug-likeness (QED) is 0.664. The predicted molar refractivity (Wildman–Crippen MR) is 103 cm³/mol. The number of H-pyrrole nitrogens is 1. The van der Waals surface area contributed by atoms with Gasteiger partial charge in [-0.05, 0) is 80.2 Å². The van der Waals surface area contributed by atoms with E-state index in [9.17, 15) is 9.18 Å². The maximum absolute atomic E-state index is 13.1. The van der Waals surface area contributed by atoms with Crippen molar-refractivity contribution in [2.24, 2.45) is 11.3 Å². The molecule has 5 rings (SSSR count). The molecule has 2 aromatic carbocycles. The molecule has 1 aliphatic carbocycles. The minimum atomic E-state index is -0.272. The van der Waals surface area contributed by atoms with Crippen molar-refractivity contribution in [2.45, 2.75) is 19.3 Å². The van der Waals surface area contributed by atoms with Crippen molar-refractivity contribution in [3.05, 3.63) is 48.3 Å². The van der Waals surface area contributed by atoms with Gasteiger partial charge in [0.25, 0.3) is 0 Å². The van der Waals surface area contributed by atoms with Crippen LogP contribution in [0, 0.1) is 17.2 Å². The Hall–Kier alpha value is -2.73. The van der Waals surface area contributed by atoms with Gasteiger partial charge in [-0.1, -0.05) is 0 Å². The molecular weight excluding hydrogens is 343 g/mol. The number of piperidine rings is 1. The van der Waals surface area contributed by atoms with Gasteiger partial charge in [-0.3, -0.25) is 4.79 Å². The zero-order valence-corrected chi connectivity index (χ0v) is 14.9. The Morgan fingerprint density at radius 3 is 2.70 bits per heavy atom. The number of carbonyl (C=O) groups excluding carboxylic acids is 1. The van der Waals surface area contributed by atoms with Crippen molar-refractivity contribution in [2.75, 3.05) is 18.4 Å². The van der Waals surface area contributed by atoms with Gasteiger partial charge in [0.15, 0.2) is 0 Å². The standard InChI is InChI=1S/C21H21FN4O/c22-14-3-1-13(2-4-14)19-25-17-6-5-15(11-18(17)26-19)24-20(27)16-12-21(16)7-9-23-10-8-21/h1-6,11,16,23H,7-10,12H2,(H,24,27)(H,25,26). The summed E-state index contributed by atoms with van der Waals surface area (Å²) in [6.07, 6.45) is 3.18. The van der Waals surface area contributed by atoms with E-state index in [1.165, 1.54) is 12.1 Å². The Balaban J connectivity index is 1.34. The van der Waals surface area contributed by atoms with Gasteiger partial charge < -0.3 is 15.6 Å². The summed E-state index contributed by atoms with van der Waals surface area (Å²) in [6.45, 7) is 2.02. The zero-order chi connectivity index (χ0) is 18.4. The number of hydrogen-bond acceptors (Lipinski definition) is 3. The van der Waals surface area contributed by atoms with E-state index >= 15 is 0 Å². The number of aromatic nitrogens is 2. The van der Waals surface area contributed by atoms with Crippen LogP contribution in [-0.4, -0.2) is 29.0 Å². The number of hydrogen-bond donors (Lipinski definition) is 3. The third kappa shape index (κ3) is 3.00. The number of rotatable bonds is 3. The second-order valence-corrected chi connectivity index (χ2v) is 7.68. The van der Waals surface area contributed by atoms with E-state index < -0.39 is 0 Å². The molecule has 1 atom stereocenters. The fraction of sp³-hybridized carbons (Fsp3) is 0.333. The Morgan fingerprint density at radius 2 is 1.93 bits per heavy atom. The van der Waals surface area contributed by atoms with Gasteiger partial charge in [0.2, 0.25) is 5.91 Å². The summed E-state index contributed by atoms with van der Waals surface area (Å²) < 4.78 is 13.1. The number of imidazole rings is 1. The van der Waals surface area contributed by atoms with Gasteiger partial charge in [0.1, 0.15) is 11.6 Å². The number of anilines is 1. The molecule has 1 aromatic heterocycles. The molecule has 0 radical (unpaired) electrons. The molecule has 6 heteroatoms. The molecule has 138 valence electrons. The first-order chi connectivity index (χ1) is 13.1. The summed E-state index contributed by atoms with van der Waals surface area (Å²) in [5.74, 6) is 0.664. The lowest BCUT2D eigenvalue weighted by Gasteiger charge is -2.23. The highest BCUT2D eigenvalue weighted by atomic mass is 19.1. The van der Waals surface area contributed by atoms with Gasteiger partial charge in [-0.25, -0.2) is 9.37 Å². The largest absolute Gasteiger partial charge is 0.338 e. The Morgan fingerprint density at radius 1 is 1.15 bits per heavy atom. The molecule has 2 heterocycles. The molecule has 3 aromatic rings. The molecule has 27 heavy (non-hydrogen) atoms. The van der Waals surface area contributed by atoms with Crippen molar-refractivity contribution in [3.8, 4) is 11.4 Å². The molecule has 0 bridgehead atoms. The Bertz CT molecular complexity index is 1000. The van der Waals surface area contributed by atoms with Crippen molar-refractivity contribution in [1.29, 1.82) is 0 Å². The zero-order valence-electron chi connectivity index (χ0n) is 14.9. The first kappa shape index (κ1) is 16.4. The number of aromatic amines is 1. The topological polar surface area (TPSA) is 69.8 Å². The van der Waals surface area contributed by atoms with Gasteiger partial charge in [-0.2, -0.15) is 0 Å². The molecule has 2 fully saturated rings. The van der Waals surface area contributed by atoms with Crippen LogP contribution in [0.5, 0.6) is 0 Å². The van der Waals surface area contributed by atoms with Crippen LogP contribution >= 0.6 is 0 Å². The summed E-state index contributed by atoms with van der Waals surface area (Å²) in [5.41, 5.74) is 3.48. The number of nitrogens with one attached hydrogen (secondary N) is 3. The first-order valence-electron chi connectivity index (χ1n) is 9.40. The number of nitrogens with zero attached hydrogens (tertiary/aromatic N) is 1. The summed E-state index contributed by atoms with van der Waals surface area (Å²) in [6, 6.07) is 11.9. The van der Waals surface area contributed by atoms with Crippen molar-refractivity contribution < 1.29 is 9.18 Å². The maximum Gasteiger partial charge on any atom is 0.228 e. The van der Waals surface area contributed by atoms with E-state index in [4.69, 9.17) is 0 Å². The van der Waals surface area contributed by atoms with Crippen molar-refractivity contribution in [1.82, 2.24) is 15.3 Å². The molecule has 5 nitrogen and oxygen atoms in total. The average Bonchev–Trinajstić information content (AvgIpc) is 3.19. The van der Waals surface area contributed by atoms with Gasteiger partial charge in [0, 0.05) is 17.2 Å². The van der Waals surface area contributed by atoms with Gasteiger partial charge in [-0.15, -0.1) is 0 Å². The molecule has 1 amide bonds. The molecule has 1 saturated carbocycles. The lowest BCUT2D eigenvalue weighted by atomic mass is 9.92. The van der Waals surface area contributed by atoms with Crippen LogP contribution in [0.25, 0.3) is 22.4 Å². The van der Waals surface area contributed by atoms with Gasteiger partial charge in [0.05, 0.1) is 11.0 Å². The Kier molecular flexibility index (Phi) is 3.75. The molecule has 1 unspecified atom stereocenters. The molecule has 1 saturated heterocycles. The number of halogens is 1. The highest BCUT2D eigenvalue weighted by Gasteiger charge is 2.57. The van der Waals surface area contributed by atoms with E-state index in [2.05, 4.69) is 20.6 Å². The minimum Gasteiger partial charge on any atom is -0.338 e. The van der Waals surface area contributed by atoms with Crippen LogP contribution in [-0.2, 0) is 4.79 Å². The molecule has 2 aliphatic rings. The van der Waals surface area contributed by atoms with Crippen LogP contribution in [0.2, 0.25) is 0 Å². The fourth-order valence-electron chi connectivity index (χ4n) is 4.26. The number of fused-ring (bicyclic) bond motifs is 1. The lowest BCUT2D eigenvalue weighted by Crippen LogP contribution is -2.31. The van der Waals surface area contributed by atoms with Crippen LogP contribution in [0.15, 0.2) is 42.5 Å². The average molecular weight is 364 g/mol. The number of amides is 1. The molecular formula is C21H21FN4O. The normalized spacial score (nSPS) is 20.7. The highest BCUT2D eigenvalue weighted by Crippen LogP contribution is 2.58. The monoisotopic (exact) mass is 364 g/mol. The third-order valence-electron chi connectivity index (χ3n) is 5.97. The van der Waals surface area contributed by atoms with E-state index in [0.29, 0.717) is 5.82 Å². The third-order valence-corrected chi connectivity index (χ3v) is 5.97. The second-order valence-electron chi connectivity index (χ2n) is 7.68. The highest BCUT2D eigenvalue weighted by molar-refractivity contribution is 5.97. The van der Waals surface area contributed by atoms with Crippen molar-refractivity contribution >= 4 is 22.6 Å². The minimum absolute atomic E-state index is 0.120. The van der Waals surface area contributed by atoms with E-state index in [0.717, 1.165) is 54.6 Å². The molecule has 1 aliphatic heterocycles. The summed E-state index contributed by atoms with van der Waals surface area (Å²) in [4.78, 5) is 20.5. The van der Waals surface area contributed by atoms with Crippen LogP contribution < -0.4 is 10.6 Å². The fourth-order valence-corrected chi connectivity index (χ4v) is 4.26. The summed E-state index contributed by atoms with van der Waals surface area (Å²) in [5, 5.41) is 6.43. The van der Waals surface area contributed by atoms with Crippen LogP contribution in [0.1, 0.15) is 19.3 Å². The Labute approximate surface area is 156 Å². The van der Waals surface area contributed by atoms with Crippen LogP contribution in [0.4, 0.5) is 10.1 Å². The van der Waals surface area contributed by atoms with Crippen molar-refractivity contribution in [3.63, 3.8) is 0 Å². The maximum atomic E-state index is 13.1. The van der Waals surface area contributed by atoms with E-state index in [-0.39, 0.29) is 23.1 Å². The second kappa shape index (κ2) is 6.16. The summed E-state index contributed by atoms with van der Waals surface area (Å²) >= 11 is 0.